The zero-order valence-electron chi connectivity index (χ0n) is 12.1. The summed E-state index contributed by atoms with van der Waals surface area (Å²) in [4.78, 5) is 11.9. The van der Waals surface area contributed by atoms with Gasteiger partial charge in [0, 0.05) is 15.6 Å². The van der Waals surface area contributed by atoms with Crippen molar-refractivity contribution >= 4 is 28.1 Å². The highest BCUT2D eigenvalue weighted by molar-refractivity contribution is 9.10. The number of ether oxygens (including phenoxy) is 1. The predicted octanol–water partition coefficient (Wildman–Crippen LogP) is 3.92. The number of rotatable bonds is 6. The van der Waals surface area contributed by atoms with E-state index in [1.165, 1.54) is 30.5 Å². The van der Waals surface area contributed by atoms with Crippen LogP contribution in [-0.2, 0) is 0 Å². The Balaban J connectivity index is 2.07. The standard InChI is InChI=1S/C17H14BrFN2O2/c1-2-9-23-16-8-5-14(18)10-13(16)11-20-21-17(22)12-3-6-15(19)7-4-12/h2-8,10-11H,1,9H2,(H,21,22). The summed E-state index contributed by atoms with van der Waals surface area (Å²) in [6.07, 6.45) is 3.11. The van der Waals surface area contributed by atoms with Crippen LogP contribution in [0.1, 0.15) is 15.9 Å². The number of nitrogens with one attached hydrogen (secondary N) is 1. The monoisotopic (exact) mass is 376 g/mol. The topological polar surface area (TPSA) is 50.7 Å². The van der Waals surface area contributed by atoms with Gasteiger partial charge in [0.2, 0.25) is 0 Å². The highest BCUT2D eigenvalue weighted by Gasteiger charge is 2.05. The zero-order valence-corrected chi connectivity index (χ0v) is 13.7. The van der Waals surface area contributed by atoms with E-state index in [9.17, 15) is 9.18 Å². The van der Waals surface area contributed by atoms with Gasteiger partial charge in [-0.05, 0) is 42.5 Å². The number of hydrogen-bond acceptors (Lipinski definition) is 3. The molecule has 2 rings (SSSR count). The van der Waals surface area contributed by atoms with E-state index >= 15 is 0 Å². The molecule has 0 saturated carbocycles. The van der Waals surface area contributed by atoms with Crippen molar-refractivity contribution in [3.8, 4) is 5.75 Å². The average Bonchev–Trinajstić information content (AvgIpc) is 2.54. The Bertz CT molecular complexity index is 730. The van der Waals surface area contributed by atoms with Crippen LogP contribution in [0.15, 0.2) is 64.7 Å². The zero-order chi connectivity index (χ0) is 16.7. The minimum Gasteiger partial charge on any atom is -0.489 e. The van der Waals surface area contributed by atoms with E-state index < -0.39 is 11.7 Å². The number of carbonyl (C=O) groups excluding carboxylic acids is 1. The number of carbonyl (C=O) groups is 1. The SMILES string of the molecule is C=CCOc1ccc(Br)cc1C=NNC(=O)c1ccc(F)cc1. The molecular formula is C17H14BrFN2O2. The van der Waals surface area contributed by atoms with Gasteiger partial charge in [-0.2, -0.15) is 5.10 Å². The van der Waals surface area contributed by atoms with Gasteiger partial charge < -0.3 is 4.74 Å². The van der Waals surface area contributed by atoms with Crippen LogP contribution < -0.4 is 10.2 Å². The molecule has 1 amide bonds. The summed E-state index contributed by atoms with van der Waals surface area (Å²) in [7, 11) is 0. The maximum atomic E-state index is 12.8. The Kier molecular flexibility index (Phi) is 6.05. The third kappa shape index (κ3) is 5.03. The quantitative estimate of drug-likeness (QED) is 0.471. The summed E-state index contributed by atoms with van der Waals surface area (Å²) < 4.78 is 19.2. The smallest absolute Gasteiger partial charge is 0.271 e. The molecule has 0 aromatic heterocycles. The van der Waals surface area contributed by atoms with Gasteiger partial charge >= 0.3 is 0 Å². The first-order valence-corrected chi connectivity index (χ1v) is 7.51. The van der Waals surface area contributed by atoms with Crippen LogP contribution in [-0.4, -0.2) is 18.7 Å². The molecule has 0 unspecified atom stereocenters. The molecule has 0 saturated heterocycles. The Morgan fingerprint density at radius 2 is 2.04 bits per heavy atom. The lowest BCUT2D eigenvalue weighted by molar-refractivity contribution is 0.0955. The van der Waals surface area contributed by atoms with Crippen molar-refractivity contribution in [3.05, 3.63) is 76.5 Å². The van der Waals surface area contributed by atoms with Crippen LogP contribution in [0.2, 0.25) is 0 Å². The van der Waals surface area contributed by atoms with Crippen molar-refractivity contribution in [2.24, 2.45) is 5.10 Å². The first kappa shape index (κ1) is 16.9. The van der Waals surface area contributed by atoms with Crippen LogP contribution in [0.5, 0.6) is 5.75 Å². The number of halogens is 2. The second-order valence-corrected chi connectivity index (χ2v) is 5.40. The molecule has 0 aliphatic heterocycles. The molecule has 0 aliphatic rings. The van der Waals surface area contributed by atoms with Crippen molar-refractivity contribution in [1.29, 1.82) is 0 Å². The van der Waals surface area contributed by atoms with Crippen LogP contribution in [0.3, 0.4) is 0 Å². The van der Waals surface area contributed by atoms with Crippen LogP contribution in [0.25, 0.3) is 0 Å². The molecule has 2 aromatic rings. The van der Waals surface area contributed by atoms with Gasteiger partial charge in [-0.3, -0.25) is 4.79 Å². The van der Waals surface area contributed by atoms with E-state index in [4.69, 9.17) is 4.74 Å². The van der Waals surface area contributed by atoms with E-state index in [-0.39, 0.29) is 0 Å². The largest absolute Gasteiger partial charge is 0.489 e. The normalized spacial score (nSPS) is 10.5. The fraction of sp³-hybridized carbons (Fsp3) is 0.0588. The predicted molar refractivity (Wildman–Crippen MR) is 91.3 cm³/mol. The Hall–Kier alpha value is -2.47. The first-order valence-electron chi connectivity index (χ1n) is 6.72. The molecule has 0 radical (unpaired) electrons. The van der Waals surface area contributed by atoms with Crippen molar-refractivity contribution in [2.45, 2.75) is 0 Å². The number of benzene rings is 2. The van der Waals surface area contributed by atoms with Crippen LogP contribution in [0.4, 0.5) is 4.39 Å². The summed E-state index contributed by atoms with van der Waals surface area (Å²) in [6.45, 7) is 3.96. The van der Waals surface area contributed by atoms with Crippen molar-refractivity contribution in [3.63, 3.8) is 0 Å². The summed E-state index contributed by atoms with van der Waals surface area (Å²) in [5.74, 6) is -0.208. The second-order valence-electron chi connectivity index (χ2n) is 4.49. The van der Waals surface area contributed by atoms with Gasteiger partial charge in [-0.25, -0.2) is 9.82 Å². The average molecular weight is 377 g/mol. The number of hydrazone groups is 1. The summed E-state index contributed by atoms with van der Waals surface area (Å²) in [6, 6.07) is 10.6. The van der Waals surface area contributed by atoms with Crippen LogP contribution in [0, 0.1) is 5.82 Å². The third-order valence-corrected chi connectivity index (χ3v) is 3.30. The Morgan fingerprint density at radius 1 is 1.30 bits per heavy atom. The molecule has 4 nitrogen and oxygen atoms in total. The lowest BCUT2D eigenvalue weighted by Gasteiger charge is -2.07. The van der Waals surface area contributed by atoms with Gasteiger partial charge in [-0.1, -0.05) is 28.6 Å². The van der Waals surface area contributed by atoms with E-state index in [0.29, 0.717) is 23.5 Å². The van der Waals surface area contributed by atoms with Crippen molar-refractivity contribution < 1.29 is 13.9 Å². The van der Waals surface area contributed by atoms with Gasteiger partial charge in [0.1, 0.15) is 18.2 Å². The Labute approximate surface area is 141 Å². The molecule has 1 N–H and O–H groups in total. The molecular weight excluding hydrogens is 363 g/mol. The van der Waals surface area contributed by atoms with E-state index in [0.717, 1.165) is 4.47 Å². The maximum absolute atomic E-state index is 12.8. The number of amides is 1. The highest BCUT2D eigenvalue weighted by atomic mass is 79.9. The van der Waals surface area contributed by atoms with Crippen LogP contribution >= 0.6 is 15.9 Å². The van der Waals surface area contributed by atoms with Gasteiger partial charge in [0.05, 0.1) is 6.21 Å². The molecule has 0 aliphatic carbocycles. The molecule has 0 heterocycles. The minimum absolute atomic E-state index is 0.320. The van der Waals surface area contributed by atoms with Gasteiger partial charge in [-0.15, -0.1) is 0 Å². The van der Waals surface area contributed by atoms with Gasteiger partial charge in [0.15, 0.2) is 0 Å². The molecule has 0 spiro atoms. The molecule has 23 heavy (non-hydrogen) atoms. The lowest BCUT2D eigenvalue weighted by atomic mass is 10.2. The van der Waals surface area contributed by atoms with E-state index in [1.807, 2.05) is 12.1 Å². The molecule has 6 heteroatoms. The fourth-order valence-corrected chi connectivity index (χ4v) is 2.11. The number of hydrogen-bond donors (Lipinski definition) is 1. The van der Waals surface area contributed by atoms with Crippen molar-refractivity contribution in [2.75, 3.05) is 6.61 Å². The molecule has 0 atom stereocenters. The number of nitrogens with zero attached hydrogens (tertiary/aromatic N) is 1. The van der Waals surface area contributed by atoms with E-state index in [1.54, 1.807) is 12.1 Å². The summed E-state index contributed by atoms with van der Waals surface area (Å²) in [5, 5.41) is 3.91. The molecule has 118 valence electrons. The third-order valence-electron chi connectivity index (χ3n) is 2.80. The lowest BCUT2D eigenvalue weighted by Crippen LogP contribution is -2.17. The Morgan fingerprint density at radius 3 is 2.74 bits per heavy atom. The minimum atomic E-state index is -0.426. The summed E-state index contributed by atoms with van der Waals surface area (Å²) >= 11 is 3.37. The molecule has 0 bridgehead atoms. The van der Waals surface area contributed by atoms with E-state index in [2.05, 4.69) is 33.0 Å². The van der Waals surface area contributed by atoms with Gasteiger partial charge in [0.25, 0.3) is 5.91 Å². The second kappa shape index (κ2) is 8.24. The first-order chi connectivity index (χ1) is 11.1. The summed E-state index contributed by atoms with van der Waals surface area (Å²) in [5.41, 5.74) is 3.40. The maximum Gasteiger partial charge on any atom is 0.271 e. The van der Waals surface area contributed by atoms with Crippen molar-refractivity contribution in [1.82, 2.24) is 5.43 Å². The molecule has 2 aromatic carbocycles. The highest BCUT2D eigenvalue weighted by Crippen LogP contribution is 2.21. The molecule has 0 fully saturated rings. The fourth-order valence-electron chi connectivity index (χ4n) is 1.73.